The fourth-order valence-electron chi connectivity index (χ4n) is 8.71. The number of allylic oxidation sites excluding steroid dienone is 2. The van der Waals surface area contributed by atoms with Gasteiger partial charge in [-0.05, 0) is 57.8 Å². The molecular formula is C43H43Cl2N3O13. The summed E-state index contributed by atoms with van der Waals surface area (Å²) in [4.78, 5) is 41.9. The number of methoxy groups -OCH3 is 1. The molecule has 1 saturated heterocycles. The number of aliphatic hydroxyl groups excluding tert-OH is 2. The molecule has 6 heterocycles. The van der Waals surface area contributed by atoms with Crippen LogP contribution in [-0.4, -0.2) is 102 Å². The maximum Gasteiger partial charge on any atom is 0.341 e. The third-order valence-corrected chi connectivity index (χ3v) is 12.2. The Morgan fingerprint density at radius 3 is 2.52 bits per heavy atom. The lowest BCUT2D eigenvalue weighted by Gasteiger charge is -2.51. The summed E-state index contributed by atoms with van der Waals surface area (Å²) < 4.78 is 42.6. The van der Waals surface area contributed by atoms with Crippen LogP contribution in [0.15, 0.2) is 67.0 Å². The molecule has 2 aliphatic carbocycles. The highest BCUT2D eigenvalue weighted by Crippen LogP contribution is 2.59. The molecule has 1 amide bonds. The van der Waals surface area contributed by atoms with Gasteiger partial charge in [-0.3, -0.25) is 9.59 Å². The van der Waals surface area contributed by atoms with Crippen molar-refractivity contribution in [3.05, 3.63) is 105 Å². The van der Waals surface area contributed by atoms with E-state index >= 15 is 0 Å². The van der Waals surface area contributed by atoms with Crippen molar-refractivity contribution in [2.75, 3.05) is 33.1 Å². The fraction of sp³-hybridized carbons (Fsp3) is 0.372. The van der Waals surface area contributed by atoms with Gasteiger partial charge in [-0.1, -0.05) is 54.1 Å². The van der Waals surface area contributed by atoms with E-state index < -0.39 is 84.2 Å². The van der Waals surface area contributed by atoms with Crippen LogP contribution in [0.5, 0.6) is 23.0 Å². The molecule has 0 unspecified atom stereocenters. The maximum absolute atomic E-state index is 14.2. The van der Waals surface area contributed by atoms with E-state index in [4.69, 9.17) is 62.1 Å². The first-order valence-corrected chi connectivity index (χ1v) is 19.9. The quantitative estimate of drug-likeness (QED) is 0.162. The maximum atomic E-state index is 14.2. The Morgan fingerprint density at radius 1 is 1.08 bits per heavy atom. The molecule has 3 aromatic carbocycles. The number of aliphatic hydroxyl groups is 2. The van der Waals surface area contributed by atoms with E-state index in [9.17, 15) is 29.7 Å². The number of likely N-dealkylation sites (N-methyl/N-ethyl adjacent to an activating group) is 1. The summed E-state index contributed by atoms with van der Waals surface area (Å²) in [5.41, 5.74) is 5.25. The van der Waals surface area contributed by atoms with Crippen molar-refractivity contribution in [3.63, 3.8) is 0 Å². The zero-order valence-corrected chi connectivity index (χ0v) is 35.1. The van der Waals surface area contributed by atoms with Crippen LogP contribution in [0.25, 0.3) is 5.57 Å². The van der Waals surface area contributed by atoms with E-state index in [1.54, 1.807) is 63.2 Å². The summed E-state index contributed by atoms with van der Waals surface area (Å²) in [6.07, 6.45) is -2.14. The highest BCUT2D eigenvalue weighted by molar-refractivity contribution is 6.34. The molecule has 61 heavy (non-hydrogen) atoms. The molecule has 0 aromatic heterocycles. The molecule has 6 aliphatic heterocycles. The summed E-state index contributed by atoms with van der Waals surface area (Å²) in [5, 5.41) is 36.9. The van der Waals surface area contributed by atoms with Crippen molar-refractivity contribution in [3.8, 4) is 23.0 Å². The average molecular weight is 881 g/mol. The monoisotopic (exact) mass is 879 g/mol. The Hall–Kier alpha value is -5.17. The number of rotatable bonds is 6. The Labute approximate surface area is 359 Å². The molecule has 6 N–H and O–H groups in total. The zero-order chi connectivity index (χ0) is 43.9. The number of phenolic OH excluding ortho intramolecular Hbond substituents is 1. The highest BCUT2D eigenvalue weighted by atomic mass is 35.5. The van der Waals surface area contributed by atoms with E-state index in [-0.39, 0.29) is 61.9 Å². The summed E-state index contributed by atoms with van der Waals surface area (Å²) in [5.74, 6) is -2.92. The summed E-state index contributed by atoms with van der Waals surface area (Å²) in [6, 6.07) is 7.15. The Balaban J connectivity index is 1.26. The van der Waals surface area contributed by atoms with Gasteiger partial charge in [-0.15, -0.1) is 0 Å². The predicted molar refractivity (Wildman–Crippen MR) is 219 cm³/mol. The van der Waals surface area contributed by atoms with Crippen LogP contribution in [0.3, 0.4) is 0 Å². The molecule has 16 nitrogen and oxygen atoms in total. The lowest BCUT2D eigenvalue weighted by atomic mass is 9.86. The van der Waals surface area contributed by atoms with Gasteiger partial charge in [0.05, 0.1) is 46.5 Å². The van der Waals surface area contributed by atoms with Crippen LogP contribution in [0.4, 0.5) is 5.69 Å². The lowest BCUT2D eigenvalue weighted by molar-refractivity contribution is -0.329. The lowest BCUT2D eigenvalue weighted by Crippen LogP contribution is -2.67. The highest BCUT2D eigenvalue weighted by Gasteiger charge is 2.59. The Morgan fingerprint density at radius 2 is 1.82 bits per heavy atom. The number of aromatic hydroxyl groups is 1. The number of phenols is 1. The molecule has 322 valence electrons. The smallest absolute Gasteiger partial charge is 0.341 e. The zero-order valence-electron chi connectivity index (χ0n) is 33.6. The topological polar surface area (TPSA) is 218 Å². The van der Waals surface area contributed by atoms with Crippen LogP contribution in [0, 0.1) is 0 Å². The SMILES string of the molecule is C=C1Oc2cc(OC)cc(C(=O)O[C@H]3COC(=O)C[C@H](N)c4cc(O)c(c(Cl)c4)O[C@@H]4c5ccc3c(Cl)c5C3=CC=C[C@@]34O[C@@H]3OC(C)(C)[C@@H](N(C)C)[C@@H](O)[C@H]3O)c2NC1=O. The normalized spacial score (nSPS) is 28.7. The number of halogens is 2. The predicted octanol–water partition coefficient (Wildman–Crippen LogP) is 5.03. The fourth-order valence-corrected chi connectivity index (χ4v) is 9.38. The molecule has 1 fully saturated rings. The number of hydrogen-bond acceptors (Lipinski definition) is 15. The van der Waals surface area contributed by atoms with Gasteiger partial charge in [0, 0.05) is 34.4 Å². The largest absolute Gasteiger partial charge is 0.504 e. The van der Waals surface area contributed by atoms with Crippen molar-refractivity contribution >= 4 is 52.3 Å². The number of carbonyl (C=O) groups is 3. The number of esters is 2. The first-order valence-electron chi connectivity index (χ1n) is 19.2. The number of nitrogens with two attached hydrogens (primary N) is 1. The summed E-state index contributed by atoms with van der Waals surface area (Å²) in [6.45, 7) is 6.58. The minimum absolute atomic E-state index is 0.00606. The second kappa shape index (κ2) is 15.6. The molecule has 8 aliphatic rings. The molecule has 18 heteroatoms. The minimum Gasteiger partial charge on any atom is -0.504 e. The minimum atomic E-state index is -1.64. The Bertz CT molecular complexity index is 2410. The molecule has 6 bridgehead atoms. The van der Waals surface area contributed by atoms with Gasteiger partial charge < -0.3 is 64.4 Å². The molecule has 0 radical (unpaired) electrons. The molecule has 0 saturated carbocycles. The summed E-state index contributed by atoms with van der Waals surface area (Å²) in [7, 11) is 4.90. The number of hydrogen-bond donors (Lipinski definition) is 5. The second-order valence-corrected chi connectivity index (χ2v) is 16.8. The average Bonchev–Trinajstić information content (AvgIpc) is 3.71. The first kappa shape index (κ1) is 42.5. The molecule has 11 rings (SSSR count). The van der Waals surface area contributed by atoms with Gasteiger partial charge in [-0.2, -0.15) is 0 Å². The van der Waals surface area contributed by atoms with Crippen LogP contribution < -0.4 is 25.3 Å². The van der Waals surface area contributed by atoms with Crippen LogP contribution in [-0.2, 0) is 28.5 Å². The number of benzene rings is 3. The third-order valence-electron chi connectivity index (χ3n) is 11.5. The van der Waals surface area contributed by atoms with Gasteiger partial charge in [0.15, 0.2) is 47.1 Å². The van der Waals surface area contributed by atoms with Gasteiger partial charge >= 0.3 is 11.9 Å². The number of amides is 1. The number of nitrogens with one attached hydrogen (secondary N) is 1. The standard InChI is InChI=1S/C43H43Cl2N3O13/c1-18-39(53)47-33-23(14-20(55-6)15-28(33)57-18)40(54)58-29-17-56-30(50)16-26(46)19-12-25(44)36(27(49)13-19)59-38-22-10-9-21(29)32(45)31(22)24-8-7-11-43(24,38)61-41-35(52)34(51)37(48(4)5)42(2,3)60-41/h7-15,26,29,34-35,37-38,41,49,51-52H,1,16-17,46H2,2-6H3,(H,47,53)/t26-,29-,34-,35+,37-,38+,41-,43+/m0/s1. The molecular weight excluding hydrogens is 837 g/mol. The van der Waals surface area contributed by atoms with Gasteiger partial charge in [0.25, 0.3) is 5.91 Å². The number of fused-ring (bicyclic) bond motifs is 2. The van der Waals surface area contributed by atoms with E-state index in [1.807, 2.05) is 0 Å². The van der Waals surface area contributed by atoms with Gasteiger partial charge in [-0.25, -0.2) is 4.79 Å². The second-order valence-electron chi connectivity index (χ2n) is 16.0. The number of nitrogens with zero attached hydrogens (tertiary/aromatic N) is 1. The summed E-state index contributed by atoms with van der Waals surface area (Å²) >= 11 is 14.1. The molecule has 3 aromatic rings. The van der Waals surface area contributed by atoms with Crippen molar-refractivity contribution in [1.29, 1.82) is 0 Å². The number of ether oxygens (including phenoxy) is 7. The van der Waals surface area contributed by atoms with Crippen molar-refractivity contribution in [1.82, 2.24) is 4.90 Å². The third kappa shape index (κ3) is 7.20. The Kier molecular flexibility index (Phi) is 10.9. The molecule has 8 atom stereocenters. The van der Waals surface area contributed by atoms with Crippen molar-refractivity contribution in [2.45, 2.75) is 74.3 Å². The van der Waals surface area contributed by atoms with Crippen molar-refractivity contribution < 1.29 is 62.9 Å². The van der Waals surface area contributed by atoms with Gasteiger partial charge in [0.1, 0.15) is 24.6 Å². The molecule has 0 spiro atoms. The van der Waals surface area contributed by atoms with Crippen molar-refractivity contribution in [2.24, 2.45) is 5.73 Å². The van der Waals surface area contributed by atoms with Crippen LogP contribution in [0.1, 0.15) is 71.1 Å². The van der Waals surface area contributed by atoms with Crippen LogP contribution >= 0.6 is 23.2 Å². The van der Waals surface area contributed by atoms with Gasteiger partial charge in [0.2, 0.25) is 0 Å². The van der Waals surface area contributed by atoms with E-state index in [0.717, 1.165) is 0 Å². The van der Waals surface area contributed by atoms with E-state index in [1.165, 1.54) is 31.4 Å². The number of carbonyl (C=O) groups excluding carboxylic acids is 3. The number of anilines is 1. The van der Waals surface area contributed by atoms with Crippen LogP contribution in [0.2, 0.25) is 10.0 Å². The van der Waals surface area contributed by atoms with E-state index in [0.29, 0.717) is 16.7 Å². The van der Waals surface area contributed by atoms with E-state index in [2.05, 4.69) is 11.9 Å². The first-order chi connectivity index (χ1) is 28.8.